The van der Waals surface area contributed by atoms with Crippen LogP contribution in [0.5, 0.6) is 5.75 Å². The zero-order valence-corrected chi connectivity index (χ0v) is 16.8. The summed E-state index contributed by atoms with van der Waals surface area (Å²) in [6.45, 7) is 0. The Kier molecular flexibility index (Phi) is 4.02. The number of fused-ring (bicyclic) bond motifs is 5. The van der Waals surface area contributed by atoms with E-state index < -0.39 is 28.9 Å². The molecule has 2 unspecified atom stereocenters. The van der Waals surface area contributed by atoms with Crippen molar-refractivity contribution >= 4 is 23.5 Å². The number of nitrogens with one attached hydrogen (secondary N) is 1. The van der Waals surface area contributed by atoms with Gasteiger partial charge < -0.3 is 9.47 Å². The van der Waals surface area contributed by atoms with Gasteiger partial charge in [-0.1, -0.05) is 30.3 Å². The predicted molar refractivity (Wildman–Crippen MR) is 108 cm³/mol. The second-order valence-corrected chi connectivity index (χ2v) is 8.09. The SMILES string of the molecule is COC(=O)[C@]12CC[C@@](c3ccccc3)(N1)C1C(=O)N(c3ccc(OC)cc3)C(=O)C12. The number of benzene rings is 2. The molecule has 1 N–H and O–H groups in total. The zero-order valence-electron chi connectivity index (χ0n) is 16.8. The molecule has 4 atom stereocenters. The first-order valence-corrected chi connectivity index (χ1v) is 9.94. The Balaban J connectivity index is 1.65. The predicted octanol–water partition coefficient (Wildman–Crippen LogP) is 2.01. The highest BCUT2D eigenvalue weighted by molar-refractivity contribution is 6.24. The van der Waals surface area contributed by atoms with Crippen molar-refractivity contribution < 1.29 is 23.9 Å². The summed E-state index contributed by atoms with van der Waals surface area (Å²) in [5, 5.41) is 3.41. The first-order chi connectivity index (χ1) is 14.5. The van der Waals surface area contributed by atoms with Gasteiger partial charge in [0.05, 0.1) is 37.3 Å². The van der Waals surface area contributed by atoms with Crippen LogP contribution in [0.2, 0.25) is 0 Å². The third-order valence-electron chi connectivity index (χ3n) is 6.90. The van der Waals surface area contributed by atoms with E-state index in [0.717, 1.165) is 5.56 Å². The highest BCUT2D eigenvalue weighted by atomic mass is 16.5. The van der Waals surface area contributed by atoms with Gasteiger partial charge in [0.15, 0.2) is 0 Å². The summed E-state index contributed by atoms with van der Waals surface area (Å²) in [6, 6.07) is 16.4. The maximum atomic E-state index is 13.7. The molecule has 3 fully saturated rings. The maximum absolute atomic E-state index is 13.7. The topological polar surface area (TPSA) is 84.9 Å². The van der Waals surface area contributed by atoms with Crippen molar-refractivity contribution in [1.29, 1.82) is 0 Å². The number of carbonyl (C=O) groups is 3. The summed E-state index contributed by atoms with van der Waals surface area (Å²) in [7, 11) is 2.87. The van der Waals surface area contributed by atoms with Crippen LogP contribution in [0.4, 0.5) is 5.69 Å². The fourth-order valence-corrected chi connectivity index (χ4v) is 5.63. The van der Waals surface area contributed by atoms with E-state index in [4.69, 9.17) is 9.47 Å². The quantitative estimate of drug-likeness (QED) is 0.618. The first-order valence-electron chi connectivity index (χ1n) is 9.94. The molecule has 3 saturated heterocycles. The van der Waals surface area contributed by atoms with Crippen LogP contribution in [0.15, 0.2) is 54.6 Å². The first kappa shape index (κ1) is 18.8. The second-order valence-electron chi connectivity index (χ2n) is 8.09. The van der Waals surface area contributed by atoms with Crippen LogP contribution in [0.3, 0.4) is 0 Å². The van der Waals surface area contributed by atoms with Gasteiger partial charge in [-0.25, -0.2) is 4.90 Å². The normalized spacial score (nSPS) is 31.7. The highest BCUT2D eigenvalue weighted by Gasteiger charge is 2.77. The third-order valence-corrected chi connectivity index (χ3v) is 6.90. The Labute approximate surface area is 174 Å². The van der Waals surface area contributed by atoms with Gasteiger partial charge >= 0.3 is 5.97 Å². The van der Waals surface area contributed by atoms with E-state index in [2.05, 4.69) is 5.32 Å². The van der Waals surface area contributed by atoms with Crippen molar-refractivity contribution in [2.75, 3.05) is 19.1 Å². The molecule has 7 nitrogen and oxygen atoms in total. The van der Waals surface area contributed by atoms with Crippen LogP contribution in [-0.4, -0.2) is 37.5 Å². The smallest absolute Gasteiger partial charge is 0.326 e. The summed E-state index contributed by atoms with van der Waals surface area (Å²) < 4.78 is 10.3. The molecule has 2 bridgehead atoms. The Hall–Kier alpha value is -3.19. The molecule has 3 aliphatic rings. The summed E-state index contributed by atoms with van der Waals surface area (Å²) in [5.74, 6) is -2.02. The molecule has 2 amide bonds. The average molecular weight is 406 g/mol. The molecule has 0 radical (unpaired) electrons. The number of rotatable bonds is 4. The second kappa shape index (κ2) is 6.40. The van der Waals surface area contributed by atoms with Gasteiger partial charge in [-0.15, -0.1) is 0 Å². The van der Waals surface area contributed by atoms with E-state index in [9.17, 15) is 14.4 Å². The van der Waals surface area contributed by atoms with E-state index in [1.807, 2.05) is 30.3 Å². The molecule has 154 valence electrons. The molecular weight excluding hydrogens is 384 g/mol. The summed E-state index contributed by atoms with van der Waals surface area (Å²) in [4.78, 5) is 41.3. The van der Waals surface area contributed by atoms with Gasteiger partial charge in [0.2, 0.25) is 11.8 Å². The van der Waals surface area contributed by atoms with E-state index >= 15 is 0 Å². The highest BCUT2D eigenvalue weighted by Crippen LogP contribution is 2.61. The number of hydrogen-bond donors (Lipinski definition) is 1. The van der Waals surface area contributed by atoms with Crippen molar-refractivity contribution in [1.82, 2.24) is 5.32 Å². The van der Waals surface area contributed by atoms with Crippen LogP contribution < -0.4 is 15.0 Å². The van der Waals surface area contributed by atoms with Crippen LogP contribution in [0.1, 0.15) is 18.4 Å². The van der Waals surface area contributed by atoms with E-state index in [1.165, 1.54) is 12.0 Å². The molecule has 3 aliphatic heterocycles. The lowest BCUT2D eigenvalue weighted by Crippen LogP contribution is -2.54. The van der Waals surface area contributed by atoms with Crippen molar-refractivity contribution in [3.63, 3.8) is 0 Å². The number of nitrogens with zero attached hydrogens (tertiary/aromatic N) is 1. The lowest BCUT2D eigenvalue weighted by atomic mass is 9.65. The summed E-state index contributed by atoms with van der Waals surface area (Å²) in [6.07, 6.45) is 1.01. The van der Waals surface area contributed by atoms with Crippen molar-refractivity contribution in [3.8, 4) is 5.75 Å². The number of esters is 1. The molecule has 2 aromatic carbocycles. The molecule has 7 heteroatoms. The molecule has 0 saturated carbocycles. The van der Waals surface area contributed by atoms with E-state index in [1.54, 1.807) is 31.4 Å². The van der Waals surface area contributed by atoms with Crippen molar-refractivity contribution in [2.45, 2.75) is 23.9 Å². The van der Waals surface area contributed by atoms with E-state index in [-0.39, 0.29) is 11.8 Å². The molecule has 5 rings (SSSR count). The van der Waals surface area contributed by atoms with Crippen molar-refractivity contribution in [2.24, 2.45) is 11.8 Å². The molecule has 30 heavy (non-hydrogen) atoms. The lowest BCUT2D eigenvalue weighted by molar-refractivity contribution is -0.152. The largest absolute Gasteiger partial charge is 0.497 e. The van der Waals surface area contributed by atoms with Crippen LogP contribution >= 0.6 is 0 Å². The van der Waals surface area contributed by atoms with Gasteiger partial charge in [-0.05, 0) is 42.7 Å². The van der Waals surface area contributed by atoms with Crippen LogP contribution in [0.25, 0.3) is 0 Å². The molecule has 0 aliphatic carbocycles. The van der Waals surface area contributed by atoms with E-state index in [0.29, 0.717) is 24.3 Å². The third kappa shape index (κ3) is 2.21. The Morgan fingerprint density at radius 1 is 0.967 bits per heavy atom. The summed E-state index contributed by atoms with van der Waals surface area (Å²) >= 11 is 0. The Bertz CT molecular complexity index is 1040. The van der Waals surface area contributed by atoms with Crippen LogP contribution in [0, 0.1) is 11.8 Å². The molecule has 3 heterocycles. The lowest BCUT2D eigenvalue weighted by Gasteiger charge is -2.33. The standard InChI is InChI=1S/C23H22N2O5/c1-29-16-10-8-15(9-11-16)25-19(26)17-18(20(25)27)23(21(28)30-2)13-12-22(17,24-23)14-6-4-3-5-7-14/h3-11,17-18,24H,12-13H2,1-2H3/t17?,18?,22-,23+/m0/s1. The minimum absolute atomic E-state index is 0.294. The number of ether oxygens (including phenoxy) is 2. The molecular formula is C23H22N2O5. The van der Waals surface area contributed by atoms with Crippen LogP contribution in [-0.2, 0) is 24.7 Å². The maximum Gasteiger partial charge on any atom is 0.326 e. The number of carbonyl (C=O) groups excluding carboxylic acids is 3. The van der Waals surface area contributed by atoms with Gasteiger partial charge in [0.25, 0.3) is 0 Å². The van der Waals surface area contributed by atoms with Gasteiger partial charge in [0, 0.05) is 0 Å². The number of amides is 2. The molecule has 0 spiro atoms. The minimum atomic E-state index is -1.21. The zero-order chi connectivity index (χ0) is 21.1. The minimum Gasteiger partial charge on any atom is -0.497 e. The number of methoxy groups -OCH3 is 2. The Morgan fingerprint density at radius 3 is 2.27 bits per heavy atom. The number of imide groups is 1. The monoisotopic (exact) mass is 406 g/mol. The van der Waals surface area contributed by atoms with Gasteiger partial charge in [0.1, 0.15) is 11.3 Å². The van der Waals surface area contributed by atoms with Crippen molar-refractivity contribution in [3.05, 3.63) is 60.2 Å². The van der Waals surface area contributed by atoms with Gasteiger partial charge in [-0.3, -0.25) is 19.7 Å². The molecule has 0 aromatic heterocycles. The van der Waals surface area contributed by atoms with Gasteiger partial charge in [-0.2, -0.15) is 0 Å². The fraction of sp³-hybridized carbons (Fsp3) is 0.348. The number of hydrogen-bond acceptors (Lipinski definition) is 6. The number of anilines is 1. The summed E-state index contributed by atoms with van der Waals surface area (Å²) in [5.41, 5.74) is -0.610. The Morgan fingerprint density at radius 2 is 1.63 bits per heavy atom. The fourth-order valence-electron chi connectivity index (χ4n) is 5.63. The average Bonchev–Trinajstić information content (AvgIpc) is 3.42. The molecule has 2 aromatic rings.